The molecule has 1 N–H and O–H groups in total. The lowest BCUT2D eigenvalue weighted by Crippen LogP contribution is -2.06. The summed E-state index contributed by atoms with van der Waals surface area (Å²) in [4.78, 5) is 0. The number of nitrogens with zero attached hydrogens (tertiary/aromatic N) is 1. The number of anilines is 1. The van der Waals surface area contributed by atoms with Gasteiger partial charge in [-0.25, -0.2) is 8.78 Å². The Labute approximate surface area is 99.3 Å². The van der Waals surface area contributed by atoms with Gasteiger partial charge < -0.3 is 5.32 Å². The minimum absolute atomic E-state index is 0.0297. The molecule has 0 aliphatic rings. The average Bonchev–Trinajstić information content (AvgIpc) is 2.31. The van der Waals surface area contributed by atoms with E-state index in [1.807, 2.05) is 0 Å². The fourth-order valence-electron chi connectivity index (χ4n) is 1.37. The molecule has 0 bridgehead atoms. The van der Waals surface area contributed by atoms with Gasteiger partial charge in [0.15, 0.2) is 11.6 Å². The molecule has 1 aromatic rings. The summed E-state index contributed by atoms with van der Waals surface area (Å²) in [7, 11) is 0. The first-order valence-corrected chi connectivity index (χ1v) is 5.25. The second-order valence-electron chi connectivity index (χ2n) is 3.51. The highest BCUT2D eigenvalue weighted by Crippen LogP contribution is 2.20. The maximum atomic E-state index is 13.4. The van der Waals surface area contributed by atoms with Crippen LogP contribution in [0.5, 0.6) is 0 Å². The van der Waals surface area contributed by atoms with Crippen molar-refractivity contribution in [2.45, 2.75) is 19.3 Å². The van der Waals surface area contributed by atoms with Gasteiger partial charge in [-0.05, 0) is 25.0 Å². The van der Waals surface area contributed by atoms with E-state index < -0.39 is 11.6 Å². The molecule has 0 radical (unpaired) electrons. The quantitative estimate of drug-likeness (QED) is 0.627. The molecule has 2 nitrogen and oxygen atoms in total. The van der Waals surface area contributed by atoms with Gasteiger partial charge in [0.1, 0.15) is 5.69 Å². The number of benzene rings is 1. The molecule has 1 rings (SSSR count). The van der Waals surface area contributed by atoms with Crippen molar-refractivity contribution in [3.63, 3.8) is 0 Å². The molecule has 4 heteroatoms. The number of halogens is 2. The van der Waals surface area contributed by atoms with Crippen molar-refractivity contribution >= 4 is 5.69 Å². The Morgan fingerprint density at radius 3 is 2.41 bits per heavy atom. The SMILES string of the molecule is C#CCCCCNc1c(F)cc(C#N)cc1F. The predicted octanol–water partition coefficient (Wildman–Crippen LogP) is 3.05. The minimum Gasteiger partial charge on any atom is -0.380 e. The Kier molecular flexibility index (Phi) is 4.97. The van der Waals surface area contributed by atoms with Gasteiger partial charge >= 0.3 is 0 Å². The monoisotopic (exact) mass is 234 g/mol. The Hall–Kier alpha value is -2.07. The van der Waals surface area contributed by atoms with E-state index in [4.69, 9.17) is 11.7 Å². The molecule has 0 spiro atoms. The van der Waals surface area contributed by atoms with E-state index in [9.17, 15) is 8.78 Å². The molecule has 0 saturated carbocycles. The molecule has 17 heavy (non-hydrogen) atoms. The molecule has 88 valence electrons. The van der Waals surface area contributed by atoms with Crippen molar-refractivity contribution in [2.24, 2.45) is 0 Å². The fourth-order valence-corrected chi connectivity index (χ4v) is 1.37. The molecule has 0 aliphatic heterocycles. The van der Waals surface area contributed by atoms with Crippen LogP contribution in [0.3, 0.4) is 0 Å². The van der Waals surface area contributed by atoms with Gasteiger partial charge in [0.05, 0.1) is 11.6 Å². The molecule has 0 heterocycles. The molecule has 0 fully saturated rings. The number of unbranched alkanes of at least 4 members (excludes halogenated alkanes) is 2. The van der Waals surface area contributed by atoms with Gasteiger partial charge in [-0.2, -0.15) is 5.26 Å². The minimum atomic E-state index is -0.751. The zero-order valence-electron chi connectivity index (χ0n) is 9.26. The van der Waals surface area contributed by atoms with Crippen LogP contribution >= 0.6 is 0 Å². The summed E-state index contributed by atoms with van der Waals surface area (Å²) in [5.74, 6) is 0.989. The van der Waals surface area contributed by atoms with Crippen molar-refractivity contribution in [3.8, 4) is 18.4 Å². The highest BCUT2D eigenvalue weighted by molar-refractivity contribution is 5.50. The lowest BCUT2D eigenvalue weighted by atomic mass is 10.2. The molecule has 0 saturated heterocycles. The smallest absolute Gasteiger partial charge is 0.150 e. The van der Waals surface area contributed by atoms with Crippen molar-refractivity contribution < 1.29 is 8.78 Å². The van der Waals surface area contributed by atoms with Gasteiger partial charge in [-0.3, -0.25) is 0 Å². The van der Waals surface area contributed by atoms with Crippen LogP contribution in [0.1, 0.15) is 24.8 Å². The second kappa shape index (κ2) is 6.50. The van der Waals surface area contributed by atoms with E-state index in [1.165, 1.54) is 0 Å². The molecule has 0 unspecified atom stereocenters. The third-order valence-electron chi connectivity index (χ3n) is 2.22. The molecule has 0 amide bonds. The summed E-state index contributed by atoms with van der Waals surface area (Å²) in [5, 5.41) is 11.2. The third-order valence-corrected chi connectivity index (χ3v) is 2.22. The largest absolute Gasteiger partial charge is 0.380 e. The topological polar surface area (TPSA) is 35.8 Å². The van der Waals surface area contributed by atoms with Crippen molar-refractivity contribution in [1.29, 1.82) is 5.26 Å². The molecule has 1 aromatic carbocycles. The zero-order chi connectivity index (χ0) is 12.7. The van der Waals surface area contributed by atoms with Gasteiger partial charge in [-0.15, -0.1) is 12.3 Å². The van der Waals surface area contributed by atoms with Crippen molar-refractivity contribution in [3.05, 3.63) is 29.3 Å². The first-order valence-electron chi connectivity index (χ1n) is 5.25. The highest BCUT2D eigenvalue weighted by Gasteiger charge is 2.10. The number of terminal acetylenes is 1. The molecule has 0 aromatic heterocycles. The Morgan fingerprint density at radius 2 is 1.88 bits per heavy atom. The van der Waals surface area contributed by atoms with Crippen LogP contribution in [0.4, 0.5) is 14.5 Å². The molecular weight excluding hydrogens is 222 g/mol. The van der Waals surface area contributed by atoms with Crippen LogP contribution in [0.15, 0.2) is 12.1 Å². The fraction of sp³-hybridized carbons (Fsp3) is 0.308. The first-order chi connectivity index (χ1) is 8.19. The van der Waals surface area contributed by atoms with Crippen LogP contribution in [0.25, 0.3) is 0 Å². The summed E-state index contributed by atoms with van der Waals surface area (Å²) in [6, 6.07) is 3.70. The van der Waals surface area contributed by atoms with E-state index in [0.29, 0.717) is 13.0 Å². The van der Waals surface area contributed by atoms with E-state index in [0.717, 1.165) is 25.0 Å². The highest BCUT2D eigenvalue weighted by atomic mass is 19.1. The van der Waals surface area contributed by atoms with Crippen LogP contribution in [0.2, 0.25) is 0 Å². The number of nitrogens with one attached hydrogen (secondary N) is 1. The van der Waals surface area contributed by atoms with E-state index in [1.54, 1.807) is 6.07 Å². The lowest BCUT2D eigenvalue weighted by molar-refractivity contribution is 0.586. The first kappa shape index (κ1) is 13.0. The normalized spacial score (nSPS) is 9.41. The van der Waals surface area contributed by atoms with Gasteiger partial charge in [-0.1, -0.05) is 0 Å². The van der Waals surface area contributed by atoms with Gasteiger partial charge in [0.25, 0.3) is 0 Å². The summed E-state index contributed by atoms with van der Waals surface area (Å²) in [6.45, 7) is 0.446. The summed E-state index contributed by atoms with van der Waals surface area (Å²) >= 11 is 0. The van der Waals surface area contributed by atoms with E-state index in [-0.39, 0.29) is 11.3 Å². The maximum absolute atomic E-state index is 13.4. The van der Waals surface area contributed by atoms with Crippen LogP contribution < -0.4 is 5.32 Å². The zero-order valence-corrected chi connectivity index (χ0v) is 9.26. The summed E-state index contributed by atoms with van der Waals surface area (Å²) in [5.41, 5.74) is -0.220. The van der Waals surface area contributed by atoms with Gasteiger partial charge in [0.2, 0.25) is 0 Å². The Balaban J connectivity index is 2.60. The number of hydrogen-bond donors (Lipinski definition) is 1. The molecule has 0 atom stereocenters. The molecule has 0 aliphatic carbocycles. The lowest BCUT2D eigenvalue weighted by Gasteiger charge is -2.08. The maximum Gasteiger partial charge on any atom is 0.150 e. The number of nitriles is 1. The standard InChI is InChI=1S/C13H12F2N2/c1-2-3-4-5-6-17-13-11(14)7-10(9-16)8-12(13)15/h1,7-8,17H,3-6H2. The predicted molar refractivity (Wildman–Crippen MR) is 62.2 cm³/mol. The van der Waals surface area contributed by atoms with Crippen molar-refractivity contribution in [2.75, 3.05) is 11.9 Å². The summed E-state index contributed by atoms with van der Waals surface area (Å²) < 4.78 is 26.8. The number of rotatable bonds is 5. The van der Waals surface area contributed by atoms with E-state index in [2.05, 4.69) is 11.2 Å². The summed E-state index contributed by atoms with van der Waals surface area (Å²) in [6.07, 6.45) is 7.28. The van der Waals surface area contributed by atoms with Crippen LogP contribution in [0, 0.1) is 35.3 Å². The third kappa shape index (κ3) is 3.77. The molecular formula is C13H12F2N2. The van der Waals surface area contributed by atoms with Crippen LogP contribution in [-0.4, -0.2) is 6.54 Å². The number of hydrogen-bond acceptors (Lipinski definition) is 2. The second-order valence-corrected chi connectivity index (χ2v) is 3.51. The van der Waals surface area contributed by atoms with Gasteiger partial charge in [0, 0.05) is 13.0 Å². The van der Waals surface area contributed by atoms with Crippen LogP contribution in [-0.2, 0) is 0 Å². The Bertz CT molecular complexity index is 446. The average molecular weight is 234 g/mol. The van der Waals surface area contributed by atoms with E-state index >= 15 is 0 Å². The Morgan fingerprint density at radius 1 is 1.24 bits per heavy atom. The van der Waals surface area contributed by atoms with Crippen molar-refractivity contribution in [1.82, 2.24) is 0 Å².